The summed E-state index contributed by atoms with van der Waals surface area (Å²) in [4.78, 5) is 0. The van der Waals surface area contributed by atoms with Crippen molar-refractivity contribution in [3.63, 3.8) is 0 Å². The van der Waals surface area contributed by atoms with Gasteiger partial charge < -0.3 is 19.9 Å². The first kappa shape index (κ1) is 15.7. The molecule has 7 heteroatoms. The second kappa shape index (κ2) is 6.16. The highest BCUT2D eigenvalue weighted by Gasteiger charge is 2.36. The molecule has 124 valence electrons. The van der Waals surface area contributed by atoms with E-state index in [2.05, 4.69) is 16.3 Å². The molecular weight excluding hydrogens is 308 g/mol. The lowest BCUT2D eigenvalue weighted by Gasteiger charge is -2.25. The van der Waals surface area contributed by atoms with E-state index in [-0.39, 0.29) is 5.88 Å². The summed E-state index contributed by atoms with van der Waals surface area (Å²) >= 11 is 0. The number of rotatable bonds is 4. The van der Waals surface area contributed by atoms with Gasteiger partial charge in [0.05, 0.1) is 25.7 Å². The van der Waals surface area contributed by atoms with Gasteiger partial charge in [0.25, 0.3) is 0 Å². The van der Waals surface area contributed by atoms with E-state index < -0.39 is 5.92 Å². The minimum absolute atomic E-state index is 0.0574. The minimum Gasteiger partial charge on any atom is -0.497 e. The largest absolute Gasteiger partial charge is 0.497 e. The Morgan fingerprint density at radius 2 is 2.17 bits per heavy atom. The number of allylic oxidation sites excluding steroid dienone is 1. The number of nitrogens with two attached hydrogens (primary N) is 1. The van der Waals surface area contributed by atoms with E-state index >= 15 is 0 Å². The van der Waals surface area contributed by atoms with Crippen molar-refractivity contribution in [3.05, 3.63) is 46.5 Å². The molecule has 24 heavy (non-hydrogen) atoms. The van der Waals surface area contributed by atoms with Crippen molar-refractivity contribution in [2.45, 2.75) is 19.3 Å². The SMILES string of the molecule is CCc1[nH]nc2c1[C@H](c1ccc(OC)cc1OC)C(C#N)=C(N)O2. The summed E-state index contributed by atoms with van der Waals surface area (Å²) in [6.07, 6.45) is 0.722. The maximum absolute atomic E-state index is 9.62. The molecule has 0 aliphatic carbocycles. The highest BCUT2D eigenvalue weighted by molar-refractivity contribution is 5.59. The molecule has 0 bridgehead atoms. The summed E-state index contributed by atoms with van der Waals surface area (Å²) in [7, 11) is 3.17. The van der Waals surface area contributed by atoms with E-state index in [0.29, 0.717) is 23.0 Å². The smallest absolute Gasteiger partial charge is 0.244 e. The Kier molecular flexibility index (Phi) is 4.04. The van der Waals surface area contributed by atoms with Crippen molar-refractivity contribution in [2.24, 2.45) is 5.73 Å². The summed E-state index contributed by atoms with van der Waals surface area (Å²) in [6, 6.07) is 7.64. The fourth-order valence-corrected chi connectivity index (χ4v) is 2.95. The molecule has 0 radical (unpaired) electrons. The Morgan fingerprint density at radius 1 is 1.38 bits per heavy atom. The van der Waals surface area contributed by atoms with Crippen molar-refractivity contribution in [1.29, 1.82) is 5.26 Å². The van der Waals surface area contributed by atoms with Gasteiger partial charge >= 0.3 is 0 Å². The van der Waals surface area contributed by atoms with Gasteiger partial charge in [0.2, 0.25) is 11.8 Å². The average molecular weight is 326 g/mol. The van der Waals surface area contributed by atoms with Crippen LogP contribution in [-0.2, 0) is 6.42 Å². The van der Waals surface area contributed by atoms with Gasteiger partial charge in [0, 0.05) is 17.3 Å². The zero-order valence-corrected chi connectivity index (χ0v) is 13.7. The Morgan fingerprint density at radius 3 is 2.79 bits per heavy atom. The lowest BCUT2D eigenvalue weighted by molar-refractivity contribution is 0.372. The second-order valence-corrected chi connectivity index (χ2v) is 5.31. The molecule has 1 aliphatic heterocycles. The first-order chi connectivity index (χ1) is 11.6. The molecular formula is C17H18N4O3. The predicted octanol–water partition coefficient (Wildman–Crippen LogP) is 2.21. The zero-order chi connectivity index (χ0) is 17.3. The minimum atomic E-state index is -0.409. The first-order valence-electron chi connectivity index (χ1n) is 7.51. The fourth-order valence-electron chi connectivity index (χ4n) is 2.95. The molecule has 0 unspecified atom stereocenters. The summed E-state index contributed by atoms with van der Waals surface area (Å²) < 4.78 is 16.3. The summed E-state index contributed by atoms with van der Waals surface area (Å²) in [5, 5.41) is 16.8. The molecule has 2 aromatic rings. The van der Waals surface area contributed by atoms with Crippen molar-refractivity contribution in [2.75, 3.05) is 14.2 Å². The predicted molar refractivity (Wildman–Crippen MR) is 86.8 cm³/mol. The molecule has 2 heterocycles. The van der Waals surface area contributed by atoms with Crippen molar-refractivity contribution in [3.8, 4) is 23.4 Å². The van der Waals surface area contributed by atoms with Gasteiger partial charge in [-0.05, 0) is 12.5 Å². The van der Waals surface area contributed by atoms with Gasteiger partial charge in [0.15, 0.2) is 0 Å². The summed E-state index contributed by atoms with van der Waals surface area (Å²) in [5.74, 6) is 1.32. The molecule has 1 aromatic carbocycles. The average Bonchev–Trinajstić information content (AvgIpc) is 3.02. The molecule has 0 spiro atoms. The third-order valence-electron chi connectivity index (χ3n) is 4.12. The van der Waals surface area contributed by atoms with Crippen LogP contribution in [0.1, 0.15) is 29.7 Å². The Labute approximate surface area is 139 Å². The van der Waals surface area contributed by atoms with Crippen LogP contribution in [0, 0.1) is 11.3 Å². The quantitative estimate of drug-likeness (QED) is 0.892. The standard InChI is InChI=1S/C17H18N4O3/c1-4-12-15-14(10-6-5-9(22-2)7-13(10)23-3)11(8-18)16(19)24-17(15)21-20-12/h5-7,14H,4,19H2,1-3H3,(H,20,21)/t14-/m1/s1. The van der Waals surface area contributed by atoms with Gasteiger partial charge in [-0.3, -0.25) is 5.10 Å². The van der Waals surface area contributed by atoms with Crippen LogP contribution >= 0.6 is 0 Å². The number of hydrogen-bond acceptors (Lipinski definition) is 6. The molecule has 0 saturated carbocycles. The van der Waals surface area contributed by atoms with E-state index in [9.17, 15) is 5.26 Å². The molecule has 1 aliphatic rings. The van der Waals surface area contributed by atoms with E-state index in [1.807, 2.05) is 19.1 Å². The Balaban J connectivity index is 2.25. The number of aromatic nitrogens is 2. The zero-order valence-electron chi connectivity index (χ0n) is 13.7. The van der Waals surface area contributed by atoms with E-state index in [4.69, 9.17) is 19.9 Å². The van der Waals surface area contributed by atoms with Crippen LogP contribution in [0.2, 0.25) is 0 Å². The number of benzene rings is 1. The number of hydrogen-bond donors (Lipinski definition) is 2. The molecule has 7 nitrogen and oxygen atoms in total. The van der Waals surface area contributed by atoms with E-state index in [1.165, 1.54) is 0 Å². The molecule has 1 atom stereocenters. The van der Waals surface area contributed by atoms with Crippen molar-refractivity contribution >= 4 is 0 Å². The van der Waals surface area contributed by atoms with Crippen LogP contribution in [0.5, 0.6) is 17.4 Å². The number of aryl methyl sites for hydroxylation is 1. The van der Waals surface area contributed by atoms with Gasteiger partial charge in [-0.25, -0.2) is 0 Å². The number of methoxy groups -OCH3 is 2. The second-order valence-electron chi connectivity index (χ2n) is 5.31. The van der Waals surface area contributed by atoms with Crippen LogP contribution in [0.25, 0.3) is 0 Å². The maximum Gasteiger partial charge on any atom is 0.244 e. The Hall–Kier alpha value is -3.14. The third-order valence-corrected chi connectivity index (χ3v) is 4.12. The molecule has 3 rings (SSSR count). The Bertz CT molecular complexity index is 848. The van der Waals surface area contributed by atoms with Crippen molar-refractivity contribution in [1.82, 2.24) is 10.2 Å². The summed E-state index contributed by atoms with van der Waals surface area (Å²) in [6.45, 7) is 2.00. The number of aromatic amines is 1. The molecule has 0 saturated heterocycles. The van der Waals surface area contributed by atoms with Crippen LogP contribution in [0.4, 0.5) is 0 Å². The lowest BCUT2D eigenvalue weighted by Crippen LogP contribution is -2.21. The molecule has 0 amide bonds. The van der Waals surface area contributed by atoms with Gasteiger partial charge in [-0.15, -0.1) is 5.10 Å². The van der Waals surface area contributed by atoms with Crippen LogP contribution in [-0.4, -0.2) is 24.4 Å². The van der Waals surface area contributed by atoms with Gasteiger partial charge in [-0.1, -0.05) is 13.0 Å². The summed E-state index contributed by atoms with van der Waals surface area (Å²) in [5.41, 5.74) is 8.79. The number of fused-ring (bicyclic) bond motifs is 1. The van der Waals surface area contributed by atoms with Gasteiger partial charge in [0.1, 0.15) is 23.1 Å². The maximum atomic E-state index is 9.62. The van der Waals surface area contributed by atoms with Crippen LogP contribution in [0.3, 0.4) is 0 Å². The number of nitrogens with zero attached hydrogens (tertiary/aromatic N) is 2. The van der Waals surface area contributed by atoms with Crippen molar-refractivity contribution < 1.29 is 14.2 Å². The van der Waals surface area contributed by atoms with Gasteiger partial charge in [-0.2, -0.15) is 5.26 Å². The highest BCUT2D eigenvalue weighted by atomic mass is 16.5. The number of nitrogens with one attached hydrogen (secondary N) is 1. The van der Waals surface area contributed by atoms with E-state index in [0.717, 1.165) is 23.2 Å². The lowest BCUT2D eigenvalue weighted by atomic mass is 9.83. The molecule has 3 N–H and O–H groups in total. The van der Waals surface area contributed by atoms with Crippen LogP contribution < -0.4 is 19.9 Å². The number of ether oxygens (including phenoxy) is 3. The highest BCUT2D eigenvalue weighted by Crippen LogP contribution is 2.46. The monoisotopic (exact) mass is 326 g/mol. The van der Waals surface area contributed by atoms with E-state index in [1.54, 1.807) is 20.3 Å². The third kappa shape index (κ3) is 2.33. The fraction of sp³-hybridized carbons (Fsp3) is 0.294. The topological polar surface area (TPSA) is 106 Å². The number of H-pyrrole nitrogens is 1. The first-order valence-corrected chi connectivity index (χ1v) is 7.51. The number of nitriles is 1. The normalized spacial score (nSPS) is 16.2. The molecule has 1 aromatic heterocycles. The molecule has 0 fully saturated rings. The van der Waals surface area contributed by atoms with Crippen LogP contribution in [0.15, 0.2) is 29.7 Å².